The van der Waals surface area contributed by atoms with Gasteiger partial charge in [0.2, 0.25) is 0 Å². The van der Waals surface area contributed by atoms with E-state index in [9.17, 15) is 4.79 Å². The third kappa shape index (κ3) is 4.20. The van der Waals surface area contributed by atoms with Crippen molar-refractivity contribution in [3.05, 3.63) is 23.0 Å². The number of hydrogen-bond acceptors (Lipinski definition) is 5. The molecule has 0 aliphatic heterocycles. The summed E-state index contributed by atoms with van der Waals surface area (Å²) in [4.78, 5) is 12.1. The van der Waals surface area contributed by atoms with E-state index in [4.69, 9.17) is 10.9 Å². The standard InChI is InChI=1S/C12H19N5O2/c1-4-10-9(5-8(3)15-16-10)12(18)14-7(2)6-11(13)17-19/h5,7,19H,4,6H2,1-3H3,(H2,13,17)(H,14,18). The molecule has 1 heterocycles. The van der Waals surface area contributed by atoms with Crippen LogP contribution in [-0.2, 0) is 6.42 Å². The number of amides is 1. The fraction of sp³-hybridized carbons (Fsp3) is 0.500. The molecule has 0 aromatic carbocycles. The van der Waals surface area contributed by atoms with E-state index >= 15 is 0 Å². The molecule has 0 saturated carbocycles. The largest absolute Gasteiger partial charge is 0.409 e. The van der Waals surface area contributed by atoms with E-state index in [0.29, 0.717) is 23.4 Å². The molecule has 0 saturated heterocycles. The second-order valence-corrected chi connectivity index (χ2v) is 4.37. The van der Waals surface area contributed by atoms with Crippen molar-refractivity contribution >= 4 is 11.7 Å². The van der Waals surface area contributed by atoms with Gasteiger partial charge in [-0.3, -0.25) is 4.79 Å². The number of nitrogens with one attached hydrogen (secondary N) is 1. The smallest absolute Gasteiger partial charge is 0.253 e. The summed E-state index contributed by atoms with van der Waals surface area (Å²) in [5.41, 5.74) is 7.25. The molecule has 1 aromatic rings. The fourth-order valence-corrected chi connectivity index (χ4v) is 1.68. The molecule has 1 rings (SSSR count). The molecule has 1 amide bonds. The molecule has 19 heavy (non-hydrogen) atoms. The van der Waals surface area contributed by atoms with Gasteiger partial charge in [0.05, 0.1) is 17.0 Å². The summed E-state index contributed by atoms with van der Waals surface area (Å²) >= 11 is 0. The number of amidine groups is 1. The average molecular weight is 265 g/mol. The van der Waals surface area contributed by atoms with Crippen LogP contribution in [0.5, 0.6) is 0 Å². The number of nitrogens with two attached hydrogens (primary N) is 1. The zero-order valence-corrected chi connectivity index (χ0v) is 11.3. The van der Waals surface area contributed by atoms with Crippen molar-refractivity contribution in [3.63, 3.8) is 0 Å². The first-order valence-electron chi connectivity index (χ1n) is 6.08. The van der Waals surface area contributed by atoms with Crippen molar-refractivity contribution in [1.29, 1.82) is 0 Å². The Bertz CT molecular complexity index is 487. The molecule has 1 unspecified atom stereocenters. The molecule has 0 fully saturated rings. The molecule has 0 aliphatic carbocycles. The van der Waals surface area contributed by atoms with Crippen LogP contribution in [0.4, 0.5) is 0 Å². The number of aryl methyl sites for hydroxylation is 2. The lowest BCUT2D eigenvalue weighted by atomic mass is 10.1. The predicted octanol–water partition coefficient (Wildman–Crippen LogP) is 0.602. The van der Waals surface area contributed by atoms with Gasteiger partial charge in [-0.15, -0.1) is 0 Å². The number of nitrogens with zero attached hydrogens (tertiary/aromatic N) is 3. The lowest BCUT2D eigenvalue weighted by Gasteiger charge is -2.14. The number of carbonyl (C=O) groups excluding carboxylic acids is 1. The first-order chi connectivity index (χ1) is 8.97. The van der Waals surface area contributed by atoms with Crippen LogP contribution >= 0.6 is 0 Å². The Morgan fingerprint density at radius 3 is 2.84 bits per heavy atom. The van der Waals surface area contributed by atoms with E-state index in [1.807, 2.05) is 6.92 Å². The molecule has 0 aliphatic rings. The first kappa shape index (κ1) is 14.9. The van der Waals surface area contributed by atoms with Crippen LogP contribution in [0, 0.1) is 6.92 Å². The normalized spacial score (nSPS) is 13.1. The van der Waals surface area contributed by atoms with Crippen LogP contribution in [0.1, 0.15) is 42.0 Å². The Morgan fingerprint density at radius 1 is 1.58 bits per heavy atom. The highest BCUT2D eigenvalue weighted by Crippen LogP contribution is 2.08. The topological polar surface area (TPSA) is 113 Å². The minimum absolute atomic E-state index is 0.0764. The van der Waals surface area contributed by atoms with Crippen molar-refractivity contribution < 1.29 is 10.0 Å². The lowest BCUT2D eigenvalue weighted by molar-refractivity contribution is 0.0939. The lowest BCUT2D eigenvalue weighted by Crippen LogP contribution is -2.36. The molecule has 1 aromatic heterocycles. The Labute approximate surface area is 111 Å². The van der Waals surface area contributed by atoms with Crippen molar-refractivity contribution in [3.8, 4) is 0 Å². The second kappa shape index (κ2) is 6.67. The summed E-state index contributed by atoms with van der Waals surface area (Å²) in [5, 5.41) is 22.1. The van der Waals surface area contributed by atoms with Crippen LogP contribution in [0.25, 0.3) is 0 Å². The molecule has 104 valence electrons. The van der Waals surface area contributed by atoms with Crippen molar-refractivity contribution in [2.45, 2.75) is 39.7 Å². The molecule has 4 N–H and O–H groups in total. The van der Waals surface area contributed by atoms with Gasteiger partial charge in [-0.05, 0) is 26.3 Å². The Kier molecular flexibility index (Phi) is 5.23. The maximum atomic E-state index is 12.1. The van der Waals surface area contributed by atoms with Gasteiger partial charge in [-0.1, -0.05) is 12.1 Å². The van der Waals surface area contributed by atoms with Crippen LogP contribution < -0.4 is 11.1 Å². The third-order valence-corrected chi connectivity index (χ3v) is 2.59. The Hall–Kier alpha value is -2.18. The quantitative estimate of drug-likeness (QED) is 0.312. The summed E-state index contributed by atoms with van der Waals surface area (Å²) in [7, 11) is 0. The number of rotatable bonds is 5. The molecular formula is C12H19N5O2. The van der Waals surface area contributed by atoms with Crippen LogP contribution in [0.2, 0.25) is 0 Å². The summed E-state index contributed by atoms with van der Waals surface area (Å²) in [6.45, 7) is 5.47. The number of aromatic nitrogens is 2. The van der Waals surface area contributed by atoms with E-state index in [-0.39, 0.29) is 24.2 Å². The highest BCUT2D eigenvalue weighted by molar-refractivity contribution is 5.95. The number of carbonyl (C=O) groups is 1. The number of oxime groups is 1. The average Bonchev–Trinajstić information content (AvgIpc) is 2.38. The maximum absolute atomic E-state index is 12.1. The minimum Gasteiger partial charge on any atom is -0.409 e. The van der Waals surface area contributed by atoms with Gasteiger partial charge in [-0.25, -0.2) is 0 Å². The highest BCUT2D eigenvalue weighted by Gasteiger charge is 2.15. The van der Waals surface area contributed by atoms with Gasteiger partial charge >= 0.3 is 0 Å². The van der Waals surface area contributed by atoms with E-state index in [0.717, 1.165) is 0 Å². The van der Waals surface area contributed by atoms with Crippen molar-refractivity contribution in [2.75, 3.05) is 0 Å². The summed E-state index contributed by atoms with van der Waals surface area (Å²) in [6, 6.07) is 1.47. The van der Waals surface area contributed by atoms with E-state index in [2.05, 4.69) is 20.7 Å². The van der Waals surface area contributed by atoms with E-state index < -0.39 is 0 Å². The molecule has 1 atom stereocenters. The monoisotopic (exact) mass is 265 g/mol. The van der Waals surface area contributed by atoms with Gasteiger partial charge in [0, 0.05) is 12.5 Å². The van der Waals surface area contributed by atoms with Crippen molar-refractivity contribution in [2.24, 2.45) is 10.9 Å². The summed E-state index contributed by atoms with van der Waals surface area (Å²) in [6.07, 6.45) is 0.909. The van der Waals surface area contributed by atoms with Crippen LogP contribution in [0.3, 0.4) is 0 Å². The van der Waals surface area contributed by atoms with Gasteiger partial charge < -0.3 is 16.3 Å². The maximum Gasteiger partial charge on any atom is 0.253 e. The summed E-state index contributed by atoms with van der Waals surface area (Å²) in [5.74, 6) is -0.152. The van der Waals surface area contributed by atoms with Gasteiger partial charge in [0.1, 0.15) is 5.84 Å². The van der Waals surface area contributed by atoms with Crippen LogP contribution in [-0.4, -0.2) is 33.2 Å². The van der Waals surface area contributed by atoms with Crippen LogP contribution in [0.15, 0.2) is 11.2 Å². The fourth-order valence-electron chi connectivity index (χ4n) is 1.68. The van der Waals surface area contributed by atoms with Crippen molar-refractivity contribution in [1.82, 2.24) is 15.5 Å². The van der Waals surface area contributed by atoms with Gasteiger partial charge in [0.25, 0.3) is 5.91 Å². The zero-order chi connectivity index (χ0) is 14.4. The Balaban J connectivity index is 2.80. The molecule has 7 heteroatoms. The van der Waals surface area contributed by atoms with E-state index in [1.165, 1.54) is 0 Å². The van der Waals surface area contributed by atoms with Gasteiger partial charge in [0.15, 0.2) is 0 Å². The van der Waals surface area contributed by atoms with E-state index in [1.54, 1.807) is 19.9 Å². The Morgan fingerprint density at radius 2 is 2.26 bits per heavy atom. The number of hydrogen-bond donors (Lipinski definition) is 3. The molecule has 0 spiro atoms. The minimum atomic E-state index is -0.235. The zero-order valence-electron chi connectivity index (χ0n) is 11.3. The first-order valence-corrected chi connectivity index (χ1v) is 6.08. The predicted molar refractivity (Wildman–Crippen MR) is 71.1 cm³/mol. The van der Waals surface area contributed by atoms with Gasteiger partial charge in [-0.2, -0.15) is 10.2 Å². The molecule has 0 radical (unpaired) electrons. The molecule has 7 nitrogen and oxygen atoms in total. The third-order valence-electron chi connectivity index (χ3n) is 2.59. The second-order valence-electron chi connectivity index (χ2n) is 4.37. The SMILES string of the molecule is CCc1nnc(C)cc1C(=O)NC(C)CC(N)=NO. The highest BCUT2D eigenvalue weighted by atomic mass is 16.4. The molecule has 0 bridgehead atoms. The summed E-state index contributed by atoms with van der Waals surface area (Å²) < 4.78 is 0. The molecular weight excluding hydrogens is 246 g/mol.